The zero-order chi connectivity index (χ0) is 23.3. The first-order valence-corrected chi connectivity index (χ1v) is 11.6. The van der Waals surface area contributed by atoms with Crippen LogP contribution in [0.3, 0.4) is 0 Å². The number of hydrogen-bond acceptors (Lipinski definition) is 4. The summed E-state index contributed by atoms with van der Waals surface area (Å²) in [5.41, 5.74) is 5.03. The molecule has 0 saturated carbocycles. The number of amides is 1. The molecule has 172 valence electrons. The van der Waals surface area contributed by atoms with Crippen molar-refractivity contribution in [3.05, 3.63) is 108 Å². The van der Waals surface area contributed by atoms with Gasteiger partial charge in [-0.15, -0.1) is 0 Å². The van der Waals surface area contributed by atoms with Gasteiger partial charge in [-0.05, 0) is 47.0 Å². The van der Waals surface area contributed by atoms with E-state index >= 15 is 0 Å². The van der Waals surface area contributed by atoms with Gasteiger partial charge in [0, 0.05) is 63.5 Å². The van der Waals surface area contributed by atoms with Crippen LogP contribution in [0.25, 0.3) is 11.1 Å². The molecule has 34 heavy (non-hydrogen) atoms. The molecule has 5 nitrogen and oxygen atoms in total. The standard InChI is InChI=1S/C28H27FN4O/c29-26-9-5-22(6-10-26)20-31-15-17-32(18-16-31)28(34)25-4-2-14-33(21-25)27-11-7-23(8-12-27)24-3-1-13-30-19-24/h1-13,19,21H,14-18,20H2. The number of pyridine rings is 1. The van der Waals surface area contributed by atoms with Gasteiger partial charge in [0.05, 0.1) is 5.57 Å². The molecule has 0 bridgehead atoms. The average molecular weight is 455 g/mol. The molecule has 2 aliphatic rings. The first-order valence-electron chi connectivity index (χ1n) is 11.6. The van der Waals surface area contributed by atoms with E-state index in [1.807, 2.05) is 53.7 Å². The van der Waals surface area contributed by atoms with Crippen molar-refractivity contribution in [1.82, 2.24) is 14.8 Å². The Morgan fingerprint density at radius 2 is 1.68 bits per heavy atom. The number of carbonyl (C=O) groups excluding carboxylic acids is 1. The molecule has 0 radical (unpaired) electrons. The molecule has 2 aliphatic heterocycles. The summed E-state index contributed by atoms with van der Waals surface area (Å²) in [5.74, 6) is -0.152. The van der Waals surface area contributed by atoms with E-state index in [2.05, 4.69) is 39.0 Å². The molecular weight excluding hydrogens is 427 g/mol. The number of anilines is 1. The zero-order valence-corrected chi connectivity index (χ0v) is 19.0. The fourth-order valence-electron chi connectivity index (χ4n) is 4.38. The van der Waals surface area contributed by atoms with Gasteiger partial charge in [0.25, 0.3) is 5.91 Å². The Morgan fingerprint density at radius 1 is 0.912 bits per heavy atom. The highest BCUT2D eigenvalue weighted by Crippen LogP contribution is 2.25. The van der Waals surface area contributed by atoms with E-state index < -0.39 is 0 Å². The van der Waals surface area contributed by atoms with Crippen LogP contribution in [0.15, 0.2) is 97.0 Å². The van der Waals surface area contributed by atoms with Crippen molar-refractivity contribution in [2.75, 3.05) is 37.6 Å². The molecule has 2 aromatic carbocycles. The van der Waals surface area contributed by atoms with Gasteiger partial charge in [-0.25, -0.2) is 4.39 Å². The van der Waals surface area contributed by atoms with E-state index in [1.54, 1.807) is 6.20 Å². The third-order valence-electron chi connectivity index (χ3n) is 6.31. The molecule has 1 aromatic heterocycles. The Kier molecular flexibility index (Phi) is 6.49. The van der Waals surface area contributed by atoms with E-state index in [0.29, 0.717) is 18.7 Å². The van der Waals surface area contributed by atoms with Crippen LogP contribution in [-0.4, -0.2) is 53.4 Å². The van der Waals surface area contributed by atoms with Crippen LogP contribution in [0.5, 0.6) is 0 Å². The number of benzene rings is 2. The van der Waals surface area contributed by atoms with E-state index in [-0.39, 0.29) is 11.7 Å². The molecule has 5 rings (SSSR count). The van der Waals surface area contributed by atoms with Crippen LogP contribution in [0, 0.1) is 5.82 Å². The first kappa shape index (κ1) is 22.0. The van der Waals surface area contributed by atoms with Crippen LogP contribution >= 0.6 is 0 Å². The highest BCUT2D eigenvalue weighted by Gasteiger charge is 2.24. The van der Waals surface area contributed by atoms with Crippen molar-refractivity contribution in [2.24, 2.45) is 0 Å². The number of hydrogen-bond donors (Lipinski definition) is 0. The van der Waals surface area contributed by atoms with Crippen LogP contribution in [0.2, 0.25) is 0 Å². The lowest BCUT2D eigenvalue weighted by Crippen LogP contribution is -2.48. The van der Waals surface area contributed by atoms with Gasteiger partial charge in [0.2, 0.25) is 0 Å². The van der Waals surface area contributed by atoms with Gasteiger partial charge in [-0.2, -0.15) is 0 Å². The summed E-state index contributed by atoms with van der Waals surface area (Å²) >= 11 is 0. The maximum atomic E-state index is 13.2. The van der Waals surface area contributed by atoms with Gasteiger partial charge in [0.1, 0.15) is 5.82 Å². The van der Waals surface area contributed by atoms with Crippen LogP contribution in [0.4, 0.5) is 10.1 Å². The monoisotopic (exact) mass is 454 g/mol. The molecule has 3 aromatic rings. The van der Waals surface area contributed by atoms with E-state index in [0.717, 1.165) is 48.6 Å². The molecule has 0 unspecified atom stereocenters. The third kappa shape index (κ3) is 5.07. The van der Waals surface area contributed by atoms with Gasteiger partial charge in [-0.1, -0.05) is 42.5 Å². The summed E-state index contributed by atoms with van der Waals surface area (Å²) in [4.78, 5) is 23.7. The summed E-state index contributed by atoms with van der Waals surface area (Å²) in [5, 5.41) is 0. The normalized spacial score (nSPS) is 16.4. The summed E-state index contributed by atoms with van der Waals surface area (Å²) in [6, 6.07) is 18.9. The number of piperazine rings is 1. The molecule has 1 amide bonds. The van der Waals surface area contributed by atoms with Gasteiger partial charge in [-0.3, -0.25) is 14.7 Å². The predicted molar refractivity (Wildman–Crippen MR) is 132 cm³/mol. The van der Waals surface area contributed by atoms with E-state index in [9.17, 15) is 9.18 Å². The van der Waals surface area contributed by atoms with Crippen molar-refractivity contribution in [2.45, 2.75) is 6.54 Å². The van der Waals surface area contributed by atoms with Crippen molar-refractivity contribution < 1.29 is 9.18 Å². The van der Waals surface area contributed by atoms with Gasteiger partial charge >= 0.3 is 0 Å². The molecular formula is C28H27FN4O. The van der Waals surface area contributed by atoms with Crippen molar-refractivity contribution >= 4 is 11.6 Å². The second-order valence-corrected chi connectivity index (χ2v) is 8.62. The predicted octanol–water partition coefficient (Wildman–Crippen LogP) is 4.49. The summed E-state index contributed by atoms with van der Waals surface area (Å²) in [6.45, 7) is 4.48. The quantitative estimate of drug-likeness (QED) is 0.570. The minimum Gasteiger partial charge on any atom is -0.343 e. The average Bonchev–Trinajstić information content (AvgIpc) is 2.91. The Morgan fingerprint density at radius 3 is 2.38 bits per heavy atom. The van der Waals surface area contributed by atoms with Crippen LogP contribution in [-0.2, 0) is 11.3 Å². The Labute approximate surface area is 199 Å². The zero-order valence-electron chi connectivity index (χ0n) is 19.0. The molecule has 0 aliphatic carbocycles. The fraction of sp³-hybridized carbons (Fsp3) is 0.214. The van der Waals surface area contributed by atoms with Crippen molar-refractivity contribution in [3.8, 4) is 11.1 Å². The van der Waals surface area contributed by atoms with E-state index in [4.69, 9.17) is 0 Å². The summed E-state index contributed by atoms with van der Waals surface area (Å²) in [6.07, 6.45) is 9.54. The lowest BCUT2D eigenvalue weighted by atomic mass is 10.1. The molecule has 6 heteroatoms. The second-order valence-electron chi connectivity index (χ2n) is 8.62. The highest BCUT2D eigenvalue weighted by atomic mass is 19.1. The van der Waals surface area contributed by atoms with Gasteiger partial charge < -0.3 is 9.80 Å². The molecule has 0 atom stereocenters. The maximum Gasteiger partial charge on any atom is 0.255 e. The Hall–Kier alpha value is -3.77. The molecule has 3 heterocycles. The largest absolute Gasteiger partial charge is 0.343 e. The number of aromatic nitrogens is 1. The van der Waals surface area contributed by atoms with E-state index in [1.165, 1.54) is 12.1 Å². The summed E-state index contributed by atoms with van der Waals surface area (Å²) in [7, 11) is 0. The third-order valence-corrected chi connectivity index (χ3v) is 6.31. The Balaban J connectivity index is 1.20. The van der Waals surface area contributed by atoms with Crippen LogP contribution < -0.4 is 4.90 Å². The highest BCUT2D eigenvalue weighted by molar-refractivity contribution is 5.97. The second kappa shape index (κ2) is 10.0. The molecule has 1 fully saturated rings. The van der Waals surface area contributed by atoms with Gasteiger partial charge in [0.15, 0.2) is 0 Å². The smallest absolute Gasteiger partial charge is 0.255 e. The minimum absolute atomic E-state index is 0.0642. The number of carbonyl (C=O) groups is 1. The lowest BCUT2D eigenvalue weighted by Gasteiger charge is -2.35. The number of nitrogens with zero attached hydrogens (tertiary/aromatic N) is 4. The number of rotatable bonds is 5. The maximum absolute atomic E-state index is 13.2. The topological polar surface area (TPSA) is 39.7 Å². The number of halogens is 1. The minimum atomic E-state index is -0.216. The first-order chi connectivity index (χ1) is 16.7. The lowest BCUT2D eigenvalue weighted by molar-refractivity contribution is -0.128. The fourth-order valence-corrected chi connectivity index (χ4v) is 4.38. The SMILES string of the molecule is O=C(C1=CN(c2ccc(-c3cccnc3)cc2)CC=C1)N1CCN(Cc2ccc(F)cc2)CC1. The van der Waals surface area contributed by atoms with Crippen molar-refractivity contribution in [1.29, 1.82) is 0 Å². The molecule has 1 saturated heterocycles. The van der Waals surface area contributed by atoms with Crippen molar-refractivity contribution in [3.63, 3.8) is 0 Å². The Bertz CT molecular complexity index is 1180. The van der Waals surface area contributed by atoms with Crippen LogP contribution in [0.1, 0.15) is 5.56 Å². The summed E-state index contributed by atoms with van der Waals surface area (Å²) < 4.78 is 13.1. The molecule has 0 N–H and O–H groups in total. The molecule has 0 spiro atoms.